The molecule has 0 fully saturated rings. The lowest BCUT2D eigenvalue weighted by Gasteiger charge is -2.29. The van der Waals surface area contributed by atoms with Gasteiger partial charge in [-0.1, -0.05) is 85.8 Å². The van der Waals surface area contributed by atoms with E-state index in [4.69, 9.17) is 11.6 Å². The van der Waals surface area contributed by atoms with Crippen molar-refractivity contribution in [1.29, 1.82) is 0 Å². The fourth-order valence-electron chi connectivity index (χ4n) is 4.09. The van der Waals surface area contributed by atoms with Gasteiger partial charge in [0, 0.05) is 29.0 Å². The molecule has 0 radical (unpaired) electrons. The molecule has 1 aliphatic rings. The van der Waals surface area contributed by atoms with Gasteiger partial charge in [0.1, 0.15) is 0 Å². The molecule has 0 N–H and O–H groups in total. The third-order valence-corrected chi connectivity index (χ3v) is 6.44. The van der Waals surface area contributed by atoms with E-state index in [1.807, 2.05) is 42.5 Å². The van der Waals surface area contributed by atoms with Crippen molar-refractivity contribution in [3.63, 3.8) is 0 Å². The zero-order valence-corrected chi connectivity index (χ0v) is 17.4. The van der Waals surface area contributed by atoms with Crippen LogP contribution in [0.15, 0.2) is 78.9 Å². The fourth-order valence-corrected chi connectivity index (χ4v) is 4.50. The summed E-state index contributed by atoms with van der Waals surface area (Å²) < 4.78 is 0. The van der Waals surface area contributed by atoms with Gasteiger partial charge in [-0.15, -0.1) is 11.6 Å². The average Bonchev–Trinajstić information content (AvgIpc) is 3.00. The van der Waals surface area contributed by atoms with Gasteiger partial charge in [-0.25, -0.2) is 0 Å². The lowest BCUT2D eigenvalue weighted by Crippen LogP contribution is -2.42. The van der Waals surface area contributed by atoms with Crippen LogP contribution < -0.4 is 0 Å². The second-order valence-electron chi connectivity index (χ2n) is 7.56. The quantitative estimate of drug-likeness (QED) is 0.296. The van der Waals surface area contributed by atoms with Crippen molar-refractivity contribution in [2.24, 2.45) is 0 Å². The van der Waals surface area contributed by atoms with Gasteiger partial charge in [0.15, 0.2) is 22.2 Å². The molecule has 1 aliphatic carbocycles. The number of hydrogen-bond donors (Lipinski definition) is 0. The molecule has 0 unspecified atom stereocenters. The average molecular weight is 417 g/mol. The molecular formula is C26H21ClO3. The summed E-state index contributed by atoms with van der Waals surface area (Å²) in [5.74, 6) is -1.80. The highest BCUT2D eigenvalue weighted by molar-refractivity contribution is 6.56. The molecular weight excluding hydrogens is 396 g/mol. The number of rotatable bonds is 6. The fraction of sp³-hybridized carbons (Fsp3) is 0.192. The maximum Gasteiger partial charge on any atom is 0.193 e. The predicted octanol–water partition coefficient (Wildman–Crippen LogP) is 5.66. The second kappa shape index (κ2) is 8.00. The van der Waals surface area contributed by atoms with E-state index < -0.39 is 22.4 Å². The summed E-state index contributed by atoms with van der Waals surface area (Å²) in [6.07, 6.45) is 0.845. The van der Waals surface area contributed by atoms with Crippen molar-refractivity contribution in [2.75, 3.05) is 0 Å². The van der Waals surface area contributed by atoms with Gasteiger partial charge >= 0.3 is 0 Å². The molecule has 4 rings (SSSR count). The van der Waals surface area contributed by atoms with Gasteiger partial charge in [0.25, 0.3) is 0 Å². The number of benzene rings is 3. The van der Waals surface area contributed by atoms with E-state index in [1.54, 1.807) is 36.4 Å². The molecule has 3 nitrogen and oxygen atoms in total. The Labute approximate surface area is 180 Å². The molecule has 0 heterocycles. The molecule has 0 aromatic heterocycles. The SMILES string of the molecule is CCc1ccc(C(=O)C[C@H](c2ccccc2)C2(Cl)C(=O)c3ccccc3C2=O)cc1. The highest BCUT2D eigenvalue weighted by atomic mass is 35.5. The maximum absolute atomic E-state index is 13.3. The van der Waals surface area contributed by atoms with Crippen LogP contribution in [0.25, 0.3) is 0 Å². The topological polar surface area (TPSA) is 51.2 Å². The number of hydrogen-bond acceptors (Lipinski definition) is 3. The molecule has 3 aromatic carbocycles. The van der Waals surface area contributed by atoms with Gasteiger partial charge < -0.3 is 0 Å². The van der Waals surface area contributed by atoms with Crippen molar-refractivity contribution in [3.05, 3.63) is 107 Å². The molecule has 0 saturated carbocycles. The van der Waals surface area contributed by atoms with Crippen LogP contribution in [-0.2, 0) is 6.42 Å². The number of ketones is 3. The van der Waals surface area contributed by atoms with Crippen LogP contribution in [0.3, 0.4) is 0 Å². The molecule has 0 aliphatic heterocycles. The summed E-state index contributed by atoms with van der Waals surface area (Å²) in [5.41, 5.74) is 3.01. The largest absolute Gasteiger partial charge is 0.294 e. The number of fused-ring (bicyclic) bond motifs is 1. The summed E-state index contributed by atoms with van der Waals surface area (Å²) in [5, 5.41) is 0. The van der Waals surface area contributed by atoms with Gasteiger partial charge in [0.2, 0.25) is 0 Å². The van der Waals surface area contributed by atoms with E-state index in [0.29, 0.717) is 22.3 Å². The molecule has 0 saturated heterocycles. The Kier molecular flexibility index (Phi) is 5.40. The Hall–Kier alpha value is -3.04. The minimum Gasteiger partial charge on any atom is -0.294 e. The Balaban J connectivity index is 1.75. The normalized spacial score (nSPS) is 15.7. The van der Waals surface area contributed by atoms with Crippen LogP contribution >= 0.6 is 11.6 Å². The first-order chi connectivity index (χ1) is 14.5. The summed E-state index contributed by atoms with van der Waals surface area (Å²) >= 11 is 6.87. The van der Waals surface area contributed by atoms with E-state index in [-0.39, 0.29) is 12.2 Å². The van der Waals surface area contributed by atoms with Gasteiger partial charge in [0.05, 0.1) is 0 Å². The number of Topliss-reactive ketones (excluding diaryl/α,β-unsaturated/α-hetero) is 3. The molecule has 0 spiro atoms. The lowest BCUT2D eigenvalue weighted by atomic mass is 9.78. The van der Waals surface area contributed by atoms with Crippen molar-refractivity contribution in [2.45, 2.75) is 30.6 Å². The first-order valence-electron chi connectivity index (χ1n) is 10.0. The van der Waals surface area contributed by atoms with E-state index >= 15 is 0 Å². The first kappa shape index (κ1) is 20.2. The second-order valence-corrected chi connectivity index (χ2v) is 8.15. The molecule has 3 aromatic rings. The maximum atomic E-state index is 13.3. The van der Waals surface area contributed by atoms with E-state index in [1.165, 1.54) is 0 Å². The van der Waals surface area contributed by atoms with Crippen molar-refractivity contribution in [3.8, 4) is 0 Å². The zero-order chi connectivity index (χ0) is 21.3. The third kappa shape index (κ3) is 3.29. The monoisotopic (exact) mass is 416 g/mol. The summed E-state index contributed by atoms with van der Waals surface area (Å²) in [6, 6.07) is 23.2. The van der Waals surface area contributed by atoms with Crippen LogP contribution in [0.1, 0.15) is 61.5 Å². The summed E-state index contributed by atoms with van der Waals surface area (Å²) in [4.78, 5) is 37.9. The molecule has 0 amide bonds. The van der Waals surface area contributed by atoms with Crippen LogP contribution in [0, 0.1) is 0 Å². The van der Waals surface area contributed by atoms with E-state index in [0.717, 1.165) is 12.0 Å². The Bertz CT molecular complexity index is 1080. The van der Waals surface area contributed by atoms with Crippen LogP contribution in [0.5, 0.6) is 0 Å². The molecule has 1 atom stereocenters. The third-order valence-electron chi connectivity index (χ3n) is 5.83. The molecule has 0 bridgehead atoms. The number of aryl methyl sites for hydroxylation is 1. The first-order valence-corrected chi connectivity index (χ1v) is 10.4. The molecule has 150 valence electrons. The molecule has 30 heavy (non-hydrogen) atoms. The predicted molar refractivity (Wildman–Crippen MR) is 118 cm³/mol. The highest BCUT2D eigenvalue weighted by Crippen LogP contribution is 2.46. The Morgan fingerprint density at radius 3 is 1.90 bits per heavy atom. The summed E-state index contributed by atoms with van der Waals surface area (Å²) in [6.45, 7) is 2.05. The van der Waals surface area contributed by atoms with Gasteiger partial charge in [-0.2, -0.15) is 0 Å². The number of carbonyl (C=O) groups excluding carboxylic acids is 3. The van der Waals surface area contributed by atoms with Crippen molar-refractivity contribution >= 4 is 29.0 Å². The van der Waals surface area contributed by atoms with Crippen LogP contribution in [0.4, 0.5) is 0 Å². The van der Waals surface area contributed by atoms with Crippen LogP contribution in [0.2, 0.25) is 0 Å². The minimum atomic E-state index is -1.83. The van der Waals surface area contributed by atoms with Crippen molar-refractivity contribution < 1.29 is 14.4 Å². The molecule has 4 heteroatoms. The van der Waals surface area contributed by atoms with E-state index in [2.05, 4.69) is 6.92 Å². The van der Waals surface area contributed by atoms with Crippen LogP contribution in [-0.4, -0.2) is 22.2 Å². The van der Waals surface area contributed by atoms with Crippen molar-refractivity contribution in [1.82, 2.24) is 0 Å². The standard InChI is InChI=1S/C26H21ClO3/c1-2-17-12-14-19(15-13-17)23(28)16-22(18-8-4-3-5-9-18)26(27)24(29)20-10-6-7-11-21(20)25(26)30/h3-15,22H,2,16H2,1H3/t22-/m1/s1. The number of halogens is 1. The minimum absolute atomic E-state index is 0.0372. The van der Waals surface area contributed by atoms with E-state index in [9.17, 15) is 14.4 Å². The Morgan fingerprint density at radius 2 is 1.37 bits per heavy atom. The smallest absolute Gasteiger partial charge is 0.193 e. The number of carbonyl (C=O) groups is 3. The zero-order valence-electron chi connectivity index (χ0n) is 16.6. The lowest BCUT2D eigenvalue weighted by molar-refractivity contribution is 0.0829. The van der Waals surface area contributed by atoms with Gasteiger partial charge in [-0.05, 0) is 17.5 Å². The highest BCUT2D eigenvalue weighted by Gasteiger charge is 2.57. The van der Waals surface area contributed by atoms with Gasteiger partial charge in [-0.3, -0.25) is 14.4 Å². The Morgan fingerprint density at radius 1 is 0.833 bits per heavy atom. The summed E-state index contributed by atoms with van der Waals surface area (Å²) in [7, 11) is 0. The number of alkyl halides is 1.